The van der Waals surface area contributed by atoms with Crippen molar-refractivity contribution in [3.63, 3.8) is 0 Å². The van der Waals surface area contributed by atoms with E-state index in [9.17, 15) is 0 Å². The number of alkyl halides is 1. The molecule has 1 aliphatic heterocycles. The molecule has 0 aromatic heterocycles. The zero-order valence-corrected chi connectivity index (χ0v) is 9.09. The van der Waals surface area contributed by atoms with Gasteiger partial charge >= 0.3 is 0 Å². The Labute approximate surface area is 89.4 Å². The summed E-state index contributed by atoms with van der Waals surface area (Å²) in [6.45, 7) is 0.688. The molecular weight excluding hydrogens is 288 g/mol. The van der Waals surface area contributed by atoms with Gasteiger partial charge < -0.3 is 10.1 Å². The summed E-state index contributed by atoms with van der Waals surface area (Å²) in [4.78, 5) is 0. The van der Waals surface area contributed by atoms with E-state index < -0.39 is 0 Å². The summed E-state index contributed by atoms with van der Waals surface area (Å²) in [5.41, 5.74) is 1.02. The summed E-state index contributed by atoms with van der Waals surface area (Å²) in [6, 6.07) is 5.61. The number of ether oxygens (including phenoxy) is 1. The van der Waals surface area contributed by atoms with Crippen molar-refractivity contribution >= 4 is 39.9 Å². The average molecular weight is 296 g/mol. The molecule has 1 heterocycles. The summed E-state index contributed by atoms with van der Waals surface area (Å²) in [6.07, 6.45) is 0. The van der Waals surface area contributed by atoms with Crippen molar-refractivity contribution in [2.75, 3.05) is 11.9 Å². The van der Waals surface area contributed by atoms with Crippen LogP contribution in [0.1, 0.15) is 0 Å². The fraction of sp³-hybridized carbons (Fsp3) is 0.250. The van der Waals surface area contributed by atoms with Gasteiger partial charge in [0.1, 0.15) is 16.4 Å². The van der Waals surface area contributed by atoms with Crippen molar-refractivity contribution in [3.05, 3.63) is 23.2 Å². The van der Waals surface area contributed by atoms with Crippen molar-refractivity contribution in [3.8, 4) is 5.75 Å². The van der Waals surface area contributed by atoms with E-state index in [0.717, 1.165) is 11.4 Å². The van der Waals surface area contributed by atoms with Crippen molar-refractivity contribution in [1.29, 1.82) is 0 Å². The number of rotatable bonds is 0. The Hall–Kier alpha value is -0.160. The topological polar surface area (TPSA) is 21.3 Å². The Bertz CT molecular complexity index is 305. The smallest absolute Gasteiger partial charge is 0.144 e. The van der Waals surface area contributed by atoms with Crippen molar-refractivity contribution < 1.29 is 4.74 Å². The molecule has 0 bridgehead atoms. The predicted molar refractivity (Wildman–Crippen MR) is 58.4 cm³/mol. The van der Waals surface area contributed by atoms with Gasteiger partial charge in [-0.15, -0.1) is 0 Å². The van der Waals surface area contributed by atoms with Crippen LogP contribution in [-0.2, 0) is 0 Å². The van der Waals surface area contributed by atoms with E-state index in [1.54, 1.807) is 0 Å². The molecule has 1 aromatic rings. The predicted octanol–water partition coefficient (Wildman–Crippen LogP) is 2.91. The van der Waals surface area contributed by atoms with Crippen LogP contribution < -0.4 is 10.1 Å². The highest BCUT2D eigenvalue weighted by atomic mass is 127. The number of hydrogen-bond acceptors (Lipinski definition) is 2. The third-order valence-electron chi connectivity index (χ3n) is 1.64. The van der Waals surface area contributed by atoms with Crippen LogP contribution in [0.5, 0.6) is 5.75 Å². The van der Waals surface area contributed by atoms with Gasteiger partial charge in [-0.2, -0.15) is 0 Å². The first-order valence-corrected chi connectivity index (χ1v) is 5.21. The highest BCUT2D eigenvalue weighted by Crippen LogP contribution is 2.32. The molecule has 4 heteroatoms. The van der Waals surface area contributed by atoms with E-state index in [1.165, 1.54) is 0 Å². The van der Waals surface area contributed by atoms with Gasteiger partial charge in [0.15, 0.2) is 0 Å². The zero-order chi connectivity index (χ0) is 8.55. The maximum atomic E-state index is 5.80. The fourth-order valence-corrected chi connectivity index (χ4v) is 1.79. The third kappa shape index (κ3) is 1.61. The molecule has 0 fully saturated rings. The minimum absolute atomic E-state index is 0.344. The summed E-state index contributed by atoms with van der Waals surface area (Å²) in [5, 5.41) is 4.00. The first kappa shape index (κ1) is 8.44. The van der Waals surface area contributed by atoms with Gasteiger partial charge in [0, 0.05) is 11.1 Å². The molecule has 1 aliphatic rings. The minimum atomic E-state index is 0.344. The number of nitrogens with one attached hydrogen (secondary N) is 1. The van der Waals surface area contributed by atoms with Gasteiger partial charge in [-0.3, -0.25) is 0 Å². The summed E-state index contributed by atoms with van der Waals surface area (Å²) >= 11 is 8.10. The highest BCUT2D eigenvalue weighted by molar-refractivity contribution is 14.1. The van der Waals surface area contributed by atoms with Gasteiger partial charge in [0.2, 0.25) is 0 Å². The Kier molecular flexibility index (Phi) is 2.32. The lowest BCUT2D eigenvalue weighted by Gasteiger charge is -2.23. The molecule has 1 atom stereocenters. The Morgan fingerprint density at radius 1 is 1.58 bits per heavy atom. The first-order chi connectivity index (χ1) is 5.75. The van der Waals surface area contributed by atoms with Gasteiger partial charge in [-0.1, -0.05) is 34.2 Å². The number of benzene rings is 1. The van der Waals surface area contributed by atoms with Crippen LogP contribution in [-0.4, -0.2) is 10.7 Å². The number of anilines is 1. The Morgan fingerprint density at radius 3 is 3.25 bits per heavy atom. The van der Waals surface area contributed by atoms with E-state index in [0.29, 0.717) is 15.7 Å². The monoisotopic (exact) mass is 295 g/mol. The lowest BCUT2D eigenvalue weighted by atomic mass is 10.2. The minimum Gasteiger partial charge on any atom is -0.488 e. The second-order valence-electron chi connectivity index (χ2n) is 2.56. The standard InChI is InChI=1S/C8H7ClINO/c9-5-1-2-6-7(3-5)12-4-8(10)11-6/h1-3,8,11H,4H2/t8-/m1/s1. The lowest BCUT2D eigenvalue weighted by molar-refractivity contribution is 0.318. The van der Waals surface area contributed by atoms with E-state index in [2.05, 4.69) is 27.9 Å². The largest absolute Gasteiger partial charge is 0.488 e. The molecule has 2 nitrogen and oxygen atoms in total. The van der Waals surface area contributed by atoms with E-state index in [1.807, 2.05) is 18.2 Å². The highest BCUT2D eigenvalue weighted by Gasteiger charge is 2.15. The molecule has 64 valence electrons. The molecule has 12 heavy (non-hydrogen) atoms. The molecule has 0 radical (unpaired) electrons. The second-order valence-corrected chi connectivity index (χ2v) is 4.50. The SMILES string of the molecule is Clc1ccc2c(c1)OC[C@H](I)N2. The van der Waals surface area contributed by atoms with Crippen LogP contribution in [0.15, 0.2) is 18.2 Å². The van der Waals surface area contributed by atoms with Crippen LogP contribution in [0.2, 0.25) is 5.02 Å². The number of fused-ring (bicyclic) bond motifs is 1. The van der Waals surface area contributed by atoms with E-state index >= 15 is 0 Å². The maximum Gasteiger partial charge on any atom is 0.144 e. The molecule has 2 rings (SSSR count). The third-order valence-corrected chi connectivity index (χ3v) is 2.55. The fourth-order valence-electron chi connectivity index (χ4n) is 1.11. The second kappa shape index (κ2) is 3.30. The maximum absolute atomic E-state index is 5.80. The van der Waals surface area contributed by atoms with Crippen LogP contribution in [0.3, 0.4) is 0 Å². The van der Waals surface area contributed by atoms with Crippen LogP contribution in [0, 0.1) is 0 Å². The van der Waals surface area contributed by atoms with Crippen molar-refractivity contribution in [1.82, 2.24) is 0 Å². The zero-order valence-electron chi connectivity index (χ0n) is 6.18. The average Bonchev–Trinajstić information content (AvgIpc) is 2.05. The Morgan fingerprint density at radius 2 is 2.42 bits per heavy atom. The summed E-state index contributed by atoms with van der Waals surface area (Å²) < 4.78 is 5.81. The molecule has 0 amide bonds. The number of hydrogen-bond donors (Lipinski definition) is 1. The van der Waals surface area contributed by atoms with Gasteiger partial charge in [0.05, 0.1) is 5.69 Å². The van der Waals surface area contributed by atoms with Crippen LogP contribution in [0.25, 0.3) is 0 Å². The summed E-state index contributed by atoms with van der Waals surface area (Å²) in [5.74, 6) is 0.843. The molecule has 0 saturated heterocycles. The molecule has 1 N–H and O–H groups in total. The summed E-state index contributed by atoms with van der Waals surface area (Å²) in [7, 11) is 0. The first-order valence-electron chi connectivity index (χ1n) is 3.58. The van der Waals surface area contributed by atoms with Crippen LogP contribution in [0.4, 0.5) is 5.69 Å². The van der Waals surface area contributed by atoms with Gasteiger partial charge in [-0.05, 0) is 12.1 Å². The van der Waals surface area contributed by atoms with Crippen molar-refractivity contribution in [2.24, 2.45) is 0 Å². The number of halogens is 2. The normalized spacial score (nSPS) is 20.7. The molecule has 0 spiro atoms. The van der Waals surface area contributed by atoms with Crippen LogP contribution >= 0.6 is 34.2 Å². The van der Waals surface area contributed by atoms with E-state index in [4.69, 9.17) is 16.3 Å². The molecule has 1 aromatic carbocycles. The Balaban J connectivity index is 2.37. The quantitative estimate of drug-likeness (QED) is 0.451. The molecular formula is C8H7ClINO. The molecule has 0 unspecified atom stereocenters. The molecule has 0 saturated carbocycles. The lowest BCUT2D eigenvalue weighted by Crippen LogP contribution is -2.25. The van der Waals surface area contributed by atoms with E-state index in [-0.39, 0.29) is 0 Å². The van der Waals surface area contributed by atoms with Gasteiger partial charge in [-0.25, -0.2) is 0 Å². The van der Waals surface area contributed by atoms with Crippen molar-refractivity contribution in [2.45, 2.75) is 4.05 Å². The van der Waals surface area contributed by atoms with Gasteiger partial charge in [0.25, 0.3) is 0 Å². The molecule has 0 aliphatic carbocycles.